The van der Waals surface area contributed by atoms with E-state index in [9.17, 15) is 19.8 Å². The predicted octanol–water partition coefficient (Wildman–Crippen LogP) is -0.814. The Morgan fingerprint density at radius 3 is 2.12 bits per heavy atom. The fourth-order valence-electron chi connectivity index (χ4n) is 1.66. The molecule has 0 saturated heterocycles. The molecule has 0 unspecified atom stereocenters. The van der Waals surface area contributed by atoms with Crippen molar-refractivity contribution in [2.24, 2.45) is 0 Å². The summed E-state index contributed by atoms with van der Waals surface area (Å²) in [6.45, 7) is 0. The fraction of sp³-hybridized carbons (Fsp3) is 0. The van der Waals surface area contributed by atoms with Gasteiger partial charge in [-0.2, -0.15) is 0 Å². The van der Waals surface area contributed by atoms with Crippen molar-refractivity contribution in [3.63, 3.8) is 0 Å². The number of carbonyl (C=O) groups excluding carboxylic acids is 2. The first-order chi connectivity index (χ1) is 7.61. The fourth-order valence-corrected chi connectivity index (χ4v) is 1.66. The molecular weight excluding hydrogens is 415 g/mol. The molecule has 5 heteroatoms. The molecule has 0 aliphatic carbocycles. The summed E-state index contributed by atoms with van der Waals surface area (Å²) >= 11 is 0. The predicted molar refractivity (Wildman–Crippen MR) is 58.4 cm³/mol. The molecule has 0 atom stereocenters. The molecule has 0 aliphatic heterocycles. The van der Waals surface area contributed by atoms with E-state index in [2.05, 4.69) is 0 Å². The Morgan fingerprint density at radius 1 is 0.882 bits per heavy atom. The van der Waals surface area contributed by atoms with Gasteiger partial charge in [0, 0.05) is 11.1 Å². The molecule has 0 bridgehead atoms. The van der Waals surface area contributed by atoms with Crippen molar-refractivity contribution >= 4 is 50.0 Å². The van der Waals surface area contributed by atoms with Crippen LogP contribution in [-0.2, 0) is 0 Å². The van der Waals surface area contributed by atoms with Gasteiger partial charge in [-0.1, -0.05) is 36.4 Å². The van der Waals surface area contributed by atoms with E-state index in [1.807, 2.05) is 0 Å². The zero-order valence-electron chi connectivity index (χ0n) is 8.60. The van der Waals surface area contributed by atoms with Crippen LogP contribution in [-0.4, -0.2) is 39.2 Å². The number of carboxylic acids is 2. The quantitative estimate of drug-likeness (QED) is 0.594. The molecule has 17 heavy (non-hydrogen) atoms. The second kappa shape index (κ2) is 5.26. The minimum atomic E-state index is -1.52. The Morgan fingerprint density at radius 2 is 1.53 bits per heavy atom. The molecule has 2 aromatic carbocycles. The summed E-state index contributed by atoms with van der Waals surface area (Å²) in [5, 5.41) is 22.7. The third-order valence-electron chi connectivity index (χ3n) is 2.35. The monoisotopic (exact) mass is 422 g/mol. The van der Waals surface area contributed by atoms with Crippen molar-refractivity contribution in [3.8, 4) is 0 Å². The van der Waals surface area contributed by atoms with Crippen LogP contribution in [0, 0.1) is 0 Å². The van der Waals surface area contributed by atoms with E-state index >= 15 is 0 Å². The number of carboxylic acid groups (broad SMARTS) is 2. The molecule has 2 radical (unpaired) electrons. The van der Waals surface area contributed by atoms with Crippen LogP contribution in [0.25, 0.3) is 10.8 Å². The topological polar surface area (TPSA) is 80.3 Å². The van der Waals surface area contributed by atoms with Gasteiger partial charge >= 0.3 is 27.3 Å². The summed E-state index contributed by atoms with van der Waals surface area (Å²) in [6.07, 6.45) is 0. The normalized spacial score (nSPS) is 9.65. The molecule has 2 aromatic rings. The Kier molecular flexibility index (Phi) is 4.22. The minimum Gasteiger partial charge on any atom is -0.545 e. The maximum Gasteiger partial charge on any atom is 2.00 e. The van der Waals surface area contributed by atoms with Crippen molar-refractivity contribution in [3.05, 3.63) is 47.5 Å². The number of hydrogen-bond acceptors (Lipinski definition) is 4. The van der Waals surface area contributed by atoms with Crippen molar-refractivity contribution < 1.29 is 19.8 Å². The van der Waals surface area contributed by atoms with Gasteiger partial charge < -0.3 is 19.8 Å². The van der Waals surface area contributed by atoms with E-state index in [0.717, 1.165) is 0 Å². The van der Waals surface area contributed by atoms with Crippen LogP contribution < -0.4 is 10.2 Å². The molecule has 82 valence electrons. The number of rotatable bonds is 2. The van der Waals surface area contributed by atoms with E-state index in [1.165, 1.54) is 18.2 Å². The number of aromatic carboxylic acids is 2. The van der Waals surface area contributed by atoms with Crippen LogP contribution in [0.1, 0.15) is 20.7 Å². The Bertz CT molecular complexity index is 592. The first-order valence-electron chi connectivity index (χ1n) is 4.55. The van der Waals surface area contributed by atoms with Gasteiger partial charge in [-0.15, -0.1) is 0 Å². The van der Waals surface area contributed by atoms with Crippen LogP contribution >= 0.6 is 0 Å². The van der Waals surface area contributed by atoms with E-state index in [-0.39, 0.29) is 38.4 Å². The minimum absolute atomic E-state index is 0. The van der Waals surface area contributed by atoms with Gasteiger partial charge in [0.05, 0.1) is 11.9 Å². The molecule has 0 fully saturated rings. The van der Waals surface area contributed by atoms with Crippen LogP contribution in [0.15, 0.2) is 36.4 Å². The third kappa shape index (κ3) is 2.46. The molecule has 0 amide bonds. The second-order valence-electron chi connectivity index (χ2n) is 3.28. The average Bonchev–Trinajstić information content (AvgIpc) is 2.27. The van der Waals surface area contributed by atoms with Crippen molar-refractivity contribution in [2.75, 3.05) is 0 Å². The third-order valence-corrected chi connectivity index (χ3v) is 2.35. The molecule has 0 aliphatic rings. The summed E-state index contributed by atoms with van der Waals surface area (Å²) in [4.78, 5) is 21.7. The van der Waals surface area contributed by atoms with E-state index in [0.29, 0.717) is 10.8 Å². The van der Waals surface area contributed by atoms with Gasteiger partial charge in [-0.3, -0.25) is 0 Å². The van der Waals surface area contributed by atoms with Crippen LogP contribution in [0.2, 0.25) is 0 Å². The maximum absolute atomic E-state index is 10.9. The molecule has 2 rings (SSSR count). The first-order valence-corrected chi connectivity index (χ1v) is 4.55. The molecule has 0 N–H and O–H groups in total. The maximum atomic E-state index is 10.9. The van der Waals surface area contributed by atoms with Gasteiger partial charge in [-0.25, -0.2) is 0 Å². The Labute approximate surface area is 117 Å². The zero-order valence-corrected chi connectivity index (χ0v) is 12.5. The molecule has 0 heterocycles. The number of hydrogen-bond donors (Lipinski definition) is 0. The summed E-state index contributed by atoms with van der Waals surface area (Å²) < 4.78 is 0. The van der Waals surface area contributed by atoms with Crippen LogP contribution in [0.5, 0.6) is 0 Å². The summed E-state index contributed by atoms with van der Waals surface area (Å²) in [5.41, 5.74) is -0.697. The Balaban J connectivity index is 0.00000144. The summed E-state index contributed by atoms with van der Waals surface area (Å²) in [6, 6.07) is 9.34. The number of carbonyl (C=O) groups is 2. The number of fused-ring (bicyclic) bond motifs is 1. The molecule has 0 spiro atoms. The number of benzene rings is 2. The Hall–Kier alpha value is -1.44. The summed E-state index contributed by atoms with van der Waals surface area (Å²) in [7, 11) is 0. The van der Waals surface area contributed by atoms with Crippen molar-refractivity contribution in [2.45, 2.75) is 0 Å². The summed E-state index contributed by atoms with van der Waals surface area (Å²) in [5.74, 6) is -3.04. The van der Waals surface area contributed by atoms with Gasteiger partial charge in [0.15, 0.2) is 0 Å². The van der Waals surface area contributed by atoms with Crippen molar-refractivity contribution in [1.82, 2.24) is 0 Å². The van der Waals surface area contributed by atoms with Gasteiger partial charge in [0.2, 0.25) is 0 Å². The molecule has 0 saturated carbocycles. The SMILES string of the molecule is O=C([O-])c1ccc2ccccc2c1C(=O)[O-].[Pb+2]. The first kappa shape index (κ1) is 13.6. The zero-order chi connectivity index (χ0) is 11.7. The largest absolute Gasteiger partial charge is 2.00 e. The molecular formula is C12H6O4Pb. The second-order valence-corrected chi connectivity index (χ2v) is 3.28. The molecule has 0 aromatic heterocycles. The standard InChI is InChI=1S/C12H8O4.Pb/c13-11(14)9-6-5-7-3-1-2-4-8(7)10(9)12(15)16;/h1-6H,(H,13,14)(H,15,16);/q;+2/p-2. The van der Waals surface area contributed by atoms with E-state index in [4.69, 9.17) is 0 Å². The smallest absolute Gasteiger partial charge is 0.545 e. The van der Waals surface area contributed by atoms with Gasteiger partial charge in [0.1, 0.15) is 0 Å². The van der Waals surface area contributed by atoms with E-state index in [1.54, 1.807) is 18.2 Å². The van der Waals surface area contributed by atoms with Gasteiger partial charge in [0.25, 0.3) is 0 Å². The molecule has 4 nitrogen and oxygen atoms in total. The van der Waals surface area contributed by atoms with E-state index < -0.39 is 11.9 Å². The van der Waals surface area contributed by atoms with Crippen molar-refractivity contribution in [1.29, 1.82) is 0 Å². The van der Waals surface area contributed by atoms with Crippen LogP contribution in [0.4, 0.5) is 0 Å². The van der Waals surface area contributed by atoms with Crippen LogP contribution in [0.3, 0.4) is 0 Å². The van der Waals surface area contributed by atoms with Gasteiger partial charge in [-0.05, 0) is 10.8 Å². The average molecular weight is 421 g/mol.